The van der Waals surface area contributed by atoms with Crippen molar-refractivity contribution in [1.82, 2.24) is 9.62 Å². The van der Waals surface area contributed by atoms with Gasteiger partial charge >= 0.3 is 6.03 Å². The zero-order valence-corrected chi connectivity index (χ0v) is 18.5. The molecule has 0 aliphatic carbocycles. The average Bonchev–Trinajstić information content (AvgIpc) is 2.73. The van der Waals surface area contributed by atoms with Crippen LogP contribution in [0.25, 0.3) is 5.57 Å². The molecule has 0 radical (unpaired) electrons. The molecule has 1 N–H and O–H groups in total. The van der Waals surface area contributed by atoms with Gasteiger partial charge in [0.2, 0.25) is 0 Å². The summed E-state index contributed by atoms with van der Waals surface area (Å²) in [6.45, 7) is 5.03. The molecule has 0 aromatic heterocycles. The SMILES string of the molecule is CCC(=CS(=O)(=O)NC(=O)N1CCC(Cc2ccccc2)CC1)c1ccc(C)cc1. The van der Waals surface area contributed by atoms with Crippen molar-refractivity contribution < 1.29 is 13.2 Å². The van der Waals surface area contributed by atoms with E-state index in [1.54, 1.807) is 4.90 Å². The first-order valence-electron chi connectivity index (χ1n) is 10.5. The van der Waals surface area contributed by atoms with E-state index >= 15 is 0 Å². The molecule has 0 spiro atoms. The Morgan fingerprint density at radius 1 is 1.07 bits per heavy atom. The fraction of sp³-hybridized carbons (Fsp3) is 0.375. The van der Waals surface area contributed by atoms with E-state index in [1.165, 1.54) is 11.0 Å². The normalized spacial score (nSPS) is 15.8. The maximum atomic E-state index is 12.6. The third-order valence-electron chi connectivity index (χ3n) is 5.60. The Morgan fingerprint density at radius 2 is 1.70 bits per heavy atom. The number of allylic oxidation sites excluding steroid dienone is 1. The molecule has 1 fully saturated rings. The minimum atomic E-state index is -3.87. The van der Waals surface area contributed by atoms with Crippen LogP contribution in [0.3, 0.4) is 0 Å². The number of nitrogens with one attached hydrogen (secondary N) is 1. The van der Waals surface area contributed by atoms with Gasteiger partial charge in [0.15, 0.2) is 0 Å². The van der Waals surface area contributed by atoms with Crippen molar-refractivity contribution in [3.63, 3.8) is 0 Å². The summed E-state index contributed by atoms with van der Waals surface area (Å²) in [4.78, 5) is 14.1. The van der Waals surface area contributed by atoms with Gasteiger partial charge < -0.3 is 4.90 Å². The van der Waals surface area contributed by atoms with Crippen molar-refractivity contribution in [3.05, 3.63) is 76.7 Å². The highest BCUT2D eigenvalue weighted by atomic mass is 32.2. The van der Waals surface area contributed by atoms with Crippen LogP contribution in [0.5, 0.6) is 0 Å². The quantitative estimate of drug-likeness (QED) is 0.725. The van der Waals surface area contributed by atoms with E-state index in [2.05, 4.69) is 16.9 Å². The molecule has 1 heterocycles. The molecule has 6 heteroatoms. The van der Waals surface area contributed by atoms with Crippen molar-refractivity contribution in [3.8, 4) is 0 Å². The zero-order chi connectivity index (χ0) is 21.6. The van der Waals surface area contributed by atoms with E-state index in [0.29, 0.717) is 31.0 Å². The number of carbonyl (C=O) groups excluding carboxylic acids is 1. The van der Waals surface area contributed by atoms with Crippen LogP contribution < -0.4 is 4.72 Å². The lowest BCUT2D eigenvalue weighted by molar-refractivity contribution is 0.175. The van der Waals surface area contributed by atoms with Crippen molar-refractivity contribution in [2.45, 2.75) is 39.5 Å². The predicted octanol–water partition coefficient (Wildman–Crippen LogP) is 4.74. The number of likely N-dealkylation sites (tertiary alicyclic amines) is 1. The molecule has 0 bridgehead atoms. The lowest BCUT2D eigenvalue weighted by Crippen LogP contribution is -2.46. The zero-order valence-electron chi connectivity index (χ0n) is 17.7. The Hall–Kier alpha value is -2.60. The van der Waals surface area contributed by atoms with E-state index in [-0.39, 0.29) is 0 Å². The van der Waals surface area contributed by atoms with Crippen LogP contribution in [0.2, 0.25) is 0 Å². The van der Waals surface area contributed by atoms with Gasteiger partial charge in [0.05, 0.1) is 5.41 Å². The first kappa shape index (κ1) is 22.1. The number of hydrogen-bond acceptors (Lipinski definition) is 3. The molecule has 2 amide bonds. The van der Waals surface area contributed by atoms with Crippen LogP contribution in [0.4, 0.5) is 4.79 Å². The molecule has 1 aliphatic rings. The van der Waals surface area contributed by atoms with Gasteiger partial charge in [0.25, 0.3) is 10.0 Å². The lowest BCUT2D eigenvalue weighted by Gasteiger charge is -2.31. The Morgan fingerprint density at radius 3 is 2.30 bits per heavy atom. The predicted molar refractivity (Wildman–Crippen MR) is 121 cm³/mol. The monoisotopic (exact) mass is 426 g/mol. The molecule has 5 nitrogen and oxygen atoms in total. The van der Waals surface area contributed by atoms with E-state index in [4.69, 9.17) is 0 Å². The number of sulfonamides is 1. The summed E-state index contributed by atoms with van der Waals surface area (Å²) in [6, 6.07) is 17.5. The van der Waals surface area contributed by atoms with Gasteiger partial charge in [-0.1, -0.05) is 67.1 Å². The number of aryl methyl sites for hydroxylation is 1. The fourth-order valence-electron chi connectivity index (χ4n) is 3.81. The summed E-state index contributed by atoms with van der Waals surface area (Å²) >= 11 is 0. The minimum absolute atomic E-state index is 0.515. The molecule has 0 atom stereocenters. The van der Waals surface area contributed by atoms with E-state index in [9.17, 15) is 13.2 Å². The van der Waals surface area contributed by atoms with Crippen LogP contribution >= 0.6 is 0 Å². The number of urea groups is 1. The number of nitrogens with zero attached hydrogens (tertiary/aromatic N) is 1. The maximum Gasteiger partial charge on any atom is 0.331 e. The van der Waals surface area contributed by atoms with Crippen LogP contribution in [-0.4, -0.2) is 32.4 Å². The second-order valence-corrected chi connectivity index (χ2v) is 9.46. The summed E-state index contributed by atoms with van der Waals surface area (Å²) in [5.74, 6) is 0.515. The molecule has 160 valence electrons. The Balaban J connectivity index is 1.57. The molecule has 3 rings (SSSR count). The summed E-state index contributed by atoms with van der Waals surface area (Å²) < 4.78 is 27.3. The second-order valence-electron chi connectivity index (χ2n) is 7.94. The fourth-order valence-corrected chi connectivity index (χ4v) is 4.92. The number of hydrogen-bond donors (Lipinski definition) is 1. The molecule has 30 heavy (non-hydrogen) atoms. The van der Waals surface area contributed by atoms with Crippen molar-refractivity contribution in [2.24, 2.45) is 5.92 Å². The molecule has 0 unspecified atom stereocenters. The van der Waals surface area contributed by atoms with Crippen LogP contribution in [0.15, 0.2) is 60.0 Å². The molecule has 2 aromatic carbocycles. The third-order valence-corrected chi connectivity index (χ3v) is 6.65. The molecule has 1 saturated heterocycles. The number of amides is 2. The van der Waals surface area contributed by atoms with Crippen LogP contribution in [0.1, 0.15) is 42.9 Å². The molecule has 1 aliphatic heterocycles. The average molecular weight is 427 g/mol. The van der Waals surface area contributed by atoms with Gasteiger partial charge in [-0.25, -0.2) is 17.9 Å². The number of rotatable bonds is 6. The molecule has 0 saturated carbocycles. The Bertz CT molecular complexity index is 975. The summed E-state index contributed by atoms with van der Waals surface area (Å²) in [5, 5.41) is 1.18. The topological polar surface area (TPSA) is 66.5 Å². The Kier molecular flexibility index (Phi) is 7.32. The number of carbonyl (C=O) groups is 1. The highest BCUT2D eigenvalue weighted by Crippen LogP contribution is 2.22. The van der Waals surface area contributed by atoms with Gasteiger partial charge in [0.1, 0.15) is 0 Å². The first-order valence-corrected chi connectivity index (χ1v) is 12.0. The van der Waals surface area contributed by atoms with Crippen LogP contribution in [0, 0.1) is 12.8 Å². The summed E-state index contributed by atoms with van der Waals surface area (Å²) in [7, 11) is -3.87. The van der Waals surface area contributed by atoms with Gasteiger partial charge in [0, 0.05) is 13.1 Å². The Labute approximate surface area is 179 Å². The number of benzene rings is 2. The summed E-state index contributed by atoms with van der Waals surface area (Å²) in [5.41, 5.74) is 3.94. The standard InChI is InChI=1S/C24H30N2O3S/c1-3-22(23-11-9-19(2)10-12-23)18-30(28,29)25-24(27)26-15-13-21(14-16-26)17-20-7-5-4-6-8-20/h4-12,18,21H,3,13-17H2,1-2H3,(H,25,27). The number of piperidine rings is 1. The maximum absolute atomic E-state index is 12.6. The van der Waals surface area contributed by atoms with E-state index < -0.39 is 16.1 Å². The minimum Gasteiger partial charge on any atom is -0.324 e. The van der Waals surface area contributed by atoms with Crippen molar-refractivity contribution >= 4 is 21.6 Å². The van der Waals surface area contributed by atoms with Gasteiger partial charge in [-0.2, -0.15) is 0 Å². The van der Waals surface area contributed by atoms with Gasteiger partial charge in [-0.3, -0.25) is 0 Å². The second kappa shape index (κ2) is 9.94. The van der Waals surface area contributed by atoms with Gasteiger partial charge in [-0.05, 0) is 55.2 Å². The lowest BCUT2D eigenvalue weighted by atomic mass is 9.90. The largest absolute Gasteiger partial charge is 0.331 e. The van der Waals surface area contributed by atoms with Gasteiger partial charge in [-0.15, -0.1) is 0 Å². The smallest absolute Gasteiger partial charge is 0.324 e. The summed E-state index contributed by atoms with van der Waals surface area (Å²) in [6.07, 6.45) is 3.31. The third kappa shape index (κ3) is 6.20. The van der Waals surface area contributed by atoms with Crippen molar-refractivity contribution in [2.75, 3.05) is 13.1 Å². The first-order chi connectivity index (χ1) is 14.4. The van der Waals surface area contributed by atoms with E-state index in [1.807, 2.05) is 56.3 Å². The molecule has 2 aromatic rings. The molecular weight excluding hydrogens is 396 g/mol. The van der Waals surface area contributed by atoms with E-state index in [0.717, 1.165) is 30.4 Å². The molecular formula is C24H30N2O3S. The highest BCUT2D eigenvalue weighted by molar-refractivity contribution is 7.93. The van der Waals surface area contributed by atoms with Crippen LogP contribution in [-0.2, 0) is 16.4 Å². The van der Waals surface area contributed by atoms with Crippen molar-refractivity contribution in [1.29, 1.82) is 0 Å². The highest BCUT2D eigenvalue weighted by Gasteiger charge is 2.25.